The van der Waals surface area contributed by atoms with Gasteiger partial charge in [0.1, 0.15) is 5.60 Å². The Morgan fingerprint density at radius 2 is 2.03 bits per heavy atom. The van der Waals surface area contributed by atoms with Crippen molar-refractivity contribution >= 4 is 17.4 Å². The van der Waals surface area contributed by atoms with Crippen molar-refractivity contribution in [1.82, 2.24) is 9.88 Å². The number of carbonyl (C=O) groups excluding carboxylic acids is 1. The molecule has 4 rings (SSSR count). The van der Waals surface area contributed by atoms with E-state index in [0.717, 1.165) is 54.8 Å². The zero-order valence-corrected chi connectivity index (χ0v) is 21.5. The summed E-state index contributed by atoms with van der Waals surface area (Å²) in [4.78, 5) is 20.8. The van der Waals surface area contributed by atoms with Crippen LogP contribution in [0.1, 0.15) is 81.9 Å². The molecule has 2 fully saturated rings. The summed E-state index contributed by atoms with van der Waals surface area (Å²) in [6.45, 7) is 7.37. The molecule has 1 N–H and O–H groups in total. The Kier molecular flexibility index (Phi) is 7.65. The van der Waals surface area contributed by atoms with E-state index >= 15 is 0 Å². The number of nitrogens with zero attached hydrogens (tertiary/aromatic N) is 2. The molecule has 1 saturated carbocycles. The van der Waals surface area contributed by atoms with Gasteiger partial charge in [-0.3, -0.25) is 4.98 Å². The fourth-order valence-electron chi connectivity index (χ4n) is 5.53. The van der Waals surface area contributed by atoms with Crippen molar-refractivity contribution in [2.45, 2.75) is 95.5 Å². The summed E-state index contributed by atoms with van der Waals surface area (Å²) in [5.74, 6) is 0. The second kappa shape index (κ2) is 10.3. The van der Waals surface area contributed by atoms with E-state index in [-0.39, 0.29) is 23.7 Å². The van der Waals surface area contributed by atoms with Crippen LogP contribution in [0.3, 0.4) is 0 Å². The number of aliphatic hydroxyl groups excluding tert-OH is 1. The van der Waals surface area contributed by atoms with Crippen LogP contribution in [0, 0.1) is 0 Å². The number of ether oxygens (including phenoxy) is 2. The lowest BCUT2D eigenvalue weighted by Crippen LogP contribution is -2.48. The van der Waals surface area contributed by atoms with E-state index in [2.05, 4.69) is 12.1 Å². The summed E-state index contributed by atoms with van der Waals surface area (Å²) < 4.78 is 12.2. The topological polar surface area (TPSA) is 71.9 Å². The van der Waals surface area contributed by atoms with Gasteiger partial charge in [0.25, 0.3) is 0 Å². The molecule has 0 radical (unpaired) electrons. The number of hydrogen-bond donors (Lipinski definition) is 1. The molecule has 2 aromatic rings. The van der Waals surface area contributed by atoms with Gasteiger partial charge in [0.05, 0.1) is 18.8 Å². The van der Waals surface area contributed by atoms with Crippen molar-refractivity contribution in [1.29, 1.82) is 0 Å². The van der Waals surface area contributed by atoms with Gasteiger partial charge in [0.2, 0.25) is 0 Å². The number of rotatable bonds is 7. The summed E-state index contributed by atoms with van der Waals surface area (Å²) in [6, 6.07) is 8.08. The maximum absolute atomic E-state index is 13.3. The second-order valence-electron chi connectivity index (χ2n) is 10.8. The van der Waals surface area contributed by atoms with Crippen molar-refractivity contribution in [3.05, 3.63) is 52.0 Å². The number of carbonyl (C=O) groups is 1. The highest BCUT2D eigenvalue weighted by Crippen LogP contribution is 2.49. The van der Waals surface area contributed by atoms with E-state index in [1.165, 1.54) is 12.8 Å². The highest BCUT2D eigenvalue weighted by atomic mass is 32.1. The quantitative estimate of drug-likeness (QED) is 0.534. The highest BCUT2D eigenvalue weighted by molar-refractivity contribution is 7.10. The van der Waals surface area contributed by atoms with Gasteiger partial charge in [-0.15, -0.1) is 11.3 Å². The van der Waals surface area contributed by atoms with E-state index in [9.17, 15) is 9.90 Å². The normalized spacial score (nSPS) is 22.1. The van der Waals surface area contributed by atoms with Crippen LogP contribution in [0.25, 0.3) is 0 Å². The molecule has 186 valence electrons. The summed E-state index contributed by atoms with van der Waals surface area (Å²) >= 11 is 1.57. The Morgan fingerprint density at radius 1 is 1.24 bits per heavy atom. The Labute approximate surface area is 207 Å². The number of hydrogen-bond acceptors (Lipinski definition) is 6. The molecule has 0 bridgehead atoms. The molecule has 2 aliphatic rings. The average Bonchev–Trinajstić information content (AvgIpc) is 3.45. The predicted molar refractivity (Wildman–Crippen MR) is 134 cm³/mol. The largest absolute Gasteiger partial charge is 0.444 e. The maximum Gasteiger partial charge on any atom is 0.410 e. The molecule has 34 heavy (non-hydrogen) atoms. The Balaban J connectivity index is 1.60. The third kappa shape index (κ3) is 5.81. The molecular weight excluding hydrogens is 448 g/mol. The molecule has 1 aliphatic carbocycles. The first kappa shape index (κ1) is 25.1. The van der Waals surface area contributed by atoms with E-state index in [1.54, 1.807) is 16.2 Å². The fraction of sp³-hybridized carbons (Fsp3) is 0.630. The van der Waals surface area contributed by atoms with Gasteiger partial charge in [-0.25, -0.2) is 4.79 Å². The van der Waals surface area contributed by atoms with Crippen LogP contribution in [0.15, 0.2) is 35.8 Å². The van der Waals surface area contributed by atoms with Gasteiger partial charge in [-0.2, -0.15) is 0 Å². The van der Waals surface area contributed by atoms with Crippen LogP contribution in [-0.2, 0) is 28.0 Å². The van der Waals surface area contributed by atoms with Gasteiger partial charge in [0.15, 0.2) is 0 Å². The molecule has 1 unspecified atom stereocenters. The summed E-state index contributed by atoms with van der Waals surface area (Å²) in [5, 5.41) is 11.7. The molecule has 1 aliphatic heterocycles. The molecule has 7 heteroatoms. The van der Waals surface area contributed by atoms with Gasteiger partial charge >= 0.3 is 6.09 Å². The van der Waals surface area contributed by atoms with Crippen molar-refractivity contribution in [3.8, 4) is 0 Å². The first-order valence-corrected chi connectivity index (χ1v) is 13.3. The smallest absolute Gasteiger partial charge is 0.410 e. The number of amides is 1. The van der Waals surface area contributed by atoms with Gasteiger partial charge < -0.3 is 19.5 Å². The monoisotopic (exact) mass is 486 g/mol. The minimum absolute atomic E-state index is 0.0290. The Hall–Kier alpha value is -1.96. The lowest BCUT2D eigenvalue weighted by molar-refractivity contribution is -0.105. The summed E-state index contributed by atoms with van der Waals surface area (Å²) in [5.41, 5.74) is 1.19. The molecule has 1 saturated heterocycles. The zero-order chi connectivity index (χ0) is 24.2. The molecule has 3 heterocycles. The minimum Gasteiger partial charge on any atom is -0.444 e. The van der Waals surface area contributed by atoms with Crippen LogP contribution in [-0.4, -0.2) is 45.4 Å². The van der Waals surface area contributed by atoms with Crippen molar-refractivity contribution in [3.63, 3.8) is 0 Å². The van der Waals surface area contributed by atoms with Crippen LogP contribution < -0.4 is 0 Å². The Bertz CT molecular complexity index is 949. The lowest BCUT2D eigenvalue weighted by atomic mass is 9.68. The number of aliphatic hydroxyl groups is 1. The third-order valence-electron chi connectivity index (χ3n) is 7.23. The van der Waals surface area contributed by atoms with Crippen LogP contribution in [0.2, 0.25) is 0 Å². The molecule has 1 amide bonds. The lowest BCUT2D eigenvalue weighted by Gasteiger charge is -2.47. The third-order valence-corrected chi connectivity index (χ3v) is 8.17. The van der Waals surface area contributed by atoms with Gasteiger partial charge in [-0.1, -0.05) is 18.9 Å². The van der Waals surface area contributed by atoms with E-state index in [0.29, 0.717) is 13.1 Å². The maximum atomic E-state index is 13.3. The molecule has 6 nitrogen and oxygen atoms in total. The molecule has 1 spiro atoms. The molecular formula is C27H38N2O4S. The first-order chi connectivity index (χ1) is 16.2. The molecule has 0 aromatic carbocycles. The number of thiophene rings is 1. The van der Waals surface area contributed by atoms with Gasteiger partial charge in [0, 0.05) is 35.3 Å². The van der Waals surface area contributed by atoms with Crippen LogP contribution in [0.4, 0.5) is 4.79 Å². The Morgan fingerprint density at radius 3 is 2.71 bits per heavy atom. The summed E-state index contributed by atoms with van der Waals surface area (Å²) in [6.07, 6.45) is 8.83. The summed E-state index contributed by atoms with van der Waals surface area (Å²) in [7, 11) is 0. The predicted octanol–water partition coefficient (Wildman–Crippen LogP) is 5.82. The SMILES string of the molecule is CC(C)(C)OC(=O)N(CCC1(c2ccccn2)CCOC2(CCCC2)C1)Cc1sccc1CO. The molecule has 1 atom stereocenters. The average molecular weight is 487 g/mol. The van der Waals surface area contributed by atoms with Gasteiger partial charge in [-0.05, 0) is 82.0 Å². The van der Waals surface area contributed by atoms with Crippen molar-refractivity contribution in [2.24, 2.45) is 0 Å². The fourth-order valence-corrected chi connectivity index (χ4v) is 6.44. The van der Waals surface area contributed by atoms with Crippen LogP contribution >= 0.6 is 11.3 Å². The standard InChI is InChI=1S/C27H38N2O4S/c1-25(2,3)33-24(31)29(18-22-21(19-30)9-17-34-22)15-12-26(23-8-4-7-14-28-23)13-16-32-27(20-26)10-5-6-11-27/h4,7-9,14,17,30H,5-6,10-13,15-16,18-20H2,1-3H3. The zero-order valence-electron chi connectivity index (χ0n) is 20.7. The van der Waals surface area contributed by atoms with E-state index in [4.69, 9.17) is 14.5 Å². The number of pyridine rings is 1. The first-order valence-electron chi connectivity index (χ1n) is 12.4. The minimum atomic E-state index is -0.574. The van der Waals surface area contributed by atoms with E-state index in [1.807, 2.05) is 44.5 Å². The van der Waals surface area contributed by atoms with E-state index < -0.39 is 5.60 Å². The van der Waals surface area contributed by atoms with Crippen molar-refractivity contribution in [2.75, 3.05) is 13.2 Å². The highest BCUT2D eigenvalue weighted by Gasteiger charge is 2.48. The van der Waals surface area contributed by atoms with Crippen molar-refractivity contribution < 1.29 is 19.4 Å². The molecule has 2 aromatic heterocycles. The second-order valence-corrected chi connectivity index (χ2v) is 11.8. The van der Waals surface area contributed by atoms with Crippen LogP contribution in [0.5, 0.6) is 0 Å². The number of aromatic nitrogens is 1.